The highest BCUT2D eigenvalue weighted by molar-refractivity contribution is 5.70. The number of carbonyl (C=O) groups is 1. The van der Waals surface area contributed by atoms with E-state index in [1.54, 1.807) is 7.11 Å². The van der Waals surface area contributed by atoms with Crippen molar-refractivity contribution in [2.75, 3.05) is 12.4 Å². The lowest BCUT2D eigenvalue weighted by Crippen LogP contribution is -2.02. The Morgan fingerprint density at radius 2 is 1.85 bits per heavy atom. The van der Waals surface area contributed by atoms with Crippen molar-refractivity contribution in [3.05, 3.63) is 59.7 Å². The highest BCUT2D eigenvalue weighted by Crippen LogP contribution is 2.17. The molecule has 0 aliphatic rings. The van der Waals surface area contributed by atoms with Crippen LogP contribution in [0, 0.1) is 0 Å². The molecule has 2 aromatic rings. The van der Waals surface area contributed by atoms with Crippen molar-refractivity contribution in [2.45, 2.75) is 13.0 Å². The van der Waals surface area contributed by atoms with Gasteiger partial charge in [-0.1, -0.05) is 30.3 Å². The lowest BCUT2D eigenvalue weighted by atomic mass is 10.1. The molecular formula is C16H17NO3. The van der Waals surface area contributed by atoms with E-state index >= 15 is 0 Å². The van der Waals surface area contributed by atoms with E-state index in [4.69, 9.17) is 9.84 Å². The first kappa shape index (κ1) is 13.9. The lowest BCUT2D eigenvalue weighted by molar-refractivity contribution is -0.136. The maximum atomic E-state index is 10.6. The van der Waals surface area contributed by atoms with Crippen molar-refractivity contribution in [1.82, 2.24) is 0 Å². The van der Waals surface area contributed by atoms with Gasteiger partial charge in [-0.05, 0) is 23.3 Å². The summed E-state index contributed by atoms with van der Waals surface area (Å²) in [4.78, 5) is 10.6. The van der Waals surface area contributed by atoms with Gasteiger partial charge in [0.2, 0.25) is 0 Å². The van der Waals surface area contributed by atoms with Crippen LogP contribution >= 0.6 is 0 Å². The van der Waals surface area contributed by atoms with E-state index in [-0.39, 0.29) is 6.42 Å². The van der Waals surface area contributed by atoms with Crippen molar-refractivity contribution >= 4 is 11.7 Å². The topological polar surface area (TPSA) is 58.6 Å². The molecule has 0 saturated carbocycles. The normalized spacial score (nSPS) is 10.1. The number of carboxylic acid groups (broad SMARTS) is 1. The second kappa shape index (κ2) is 6.61. The van der Waals surface area contributed by atoms with Crippen LogP contribution in [-0.4, -0.2) is 18.2 Å². The Kier molecular flexibility index (Phi) is 4.60. The van der Waals surface area contributed by atoms with Crippen molar-refractivity contribution in [2.24, 2.45) is 0 Å². The summed E-state index contributed by atoms with van der Waals surface area (Å²) in [5.74, 6) is -0.000869. The Morgan fingerprint density at radius 1 is 1.15 bits per heavy atom. The zero-order chi connectivity index (χ0) is 14.4. The minimum absolute atomic E-state index is 0.0591. The molecule has 0 spiro atoms. The summed E-state index contributed by atoms with van der Waals surface area (Å²) in [5.41, 5.74) is 2.89. The molecular weight excluding hydrogens is 254 g/mol. The Morgan fingerprint density at radius 3 is 2.50 bits per heavy atom. The lowest BCUT2D eigenvalue weighted by Gasteiger charge is -2.08. The van der Waals surface area contributed by atoms with Crippen molar-refractivity contribution in [1.29, 1.82) is 0 Å². The number of hydrogen-bond acceptors (Lipinski definition) is 3. The quantitative estimate of drug-likeness (QED) is 0.848. The molecule has 0 heterocycles. The number of aliphatic carboxylic acids is 1. The number of methoxy groups -OCH3 is 1. The summed E-state index contributed by atoms with van der Waals surface area (Å²) < 4.78 is 5.16. The second-order valence-electron chi connectivity index (χ2n) is 4.47. The molecule has 0 aromatic heterocycles. The minimum Gasteiger partial charge on any atom is -0.497 e. The second-order valence-corrected chi connectivity index (χ2v) is 4.47. The smallest absolute Gasteiger partial charge is 0.307 e. The van der Waals surface area contributed by atoms with Gasteiger partial charge in [0.25, 0.3) is 0 Å². The van der Waals surface area contributed by atoms with E-state index in [1.807, 2.05) is 48.5 Å². The summed E-state index contributed by atoms with van der Waals surface area (Å²) in [7, 11) is 1.64. The predicted octanol–water partition coefficient (Wildman–Crippen LogP) is 2.93. The monoisotopic (exact) mass is 271 g/mol. The first-order valence-electron chi connectivity index (χ1n) is 6.35. The Balaban J connectivity index is 1.94. The van der Waals surface area contributed by atoms with Crippen molar-refractivity contribution in [3.63, 3.8) is 0 Å². The number of anilines is 1. The van der Waals surface area contributed by atoms with Gasteiger partial charge in [0.05, 0.1) is 13.5 Å². The number of benzene rings is 2. The van der Waals surface area contributed by atoms with Gasteiger partial charge in [-0.25, -0.2) is 0 Å². The number of rotatable bonds is 6. The van der Waals surface area contributed by atoms with Crippen LogP contribution in [0.15, 0.2) is 48.5 Å². The molecule has 4 nitrogen and oxygen atoms in total. The summed E-state index contributed by atoms with van der Waals surface area (Å²) in [6.45, 7) is 0.681. The van der Waals surface area contributed by atoms with E-state index in [2.05, 4.69) is 5.32 Å². The number of hydrogen-bond donors (Lipinski definition) is 2. The van der Waals surface area contributed by atoms with Crippen LogP contribution in [0.5, 0.6) is 5.75 Å². The average molecular weight is 271 g/mol. The molecule has 2 aromatic carbocycles. The van der Waals surface area contributed by atoms with Crippen LogP contribution in [0.25, 0.3) is 0 Å². The van der Waals surface area contributed by atoms with Crippen LogP contribution in [0.1, 0.15) is 11.1 Å². The fourth-order valence-electron chi connectivity index (χ4n) is 1.89. The molecule has 0 atom stereocenters. The third-order valence-corrected chi connectivity index (χ3v) is 2.94. The molecule has 104 valence electrons. The summed E-state index contributed by atoms with van der Waals surface area (Å²) in [6, 6.07) is 15.3. The Bertz CT molecular complexity index is 579. The third kappa shape index (κ3) is 4.02. The van der Waals surface area contributed by atoms with Gasteiger partial charge in [-0.3, -0.25) is 4.79 Å². The summed E-state index contributed by atoms with van der Waals surface area (Å²) >= 11 is 0. The molecule has 0 saturated heterocycles. The minimum atomic E-state index is -0.813. The van der Waals surface area contributed by atoms with E-state index in [9.17, 15) is 4.79 Å². The van der Waals surface area contributed by atoms with E-state index < -0.39 is 5.97 Å². The number of nitrogens with one attached hydrogen (secondary N) is 1. The SMILES string of the molecule is COc1cccc(NCc2ccc(CC(=O)O)cc2)c1. The van der Waals surface area contributed by atoms with Crippen LogP contribution < -0.4 is 10.1 Å². The molecule has 0 amide bonds. The molecule has 0 fully saturated rings. The first-order valence-corrected chi connectivity index (χ1v) is 6.35. The van der Waals surface area contributed by atoms with E-state index in [1.165, 1.54) is 0 Å². The van der Waals surface area contributed by atoms with Crippen LogP contribution in [0.2, 0.25) is 0 Å². The maximum Gasteiger partial charge on any atom is 0.307 e. The van der Waals surface area contributed by atoms with Crippen LogP contribution in [0.4, 0.5) is 5.69 Å². The number of ether oxygens (including phenoxy) is 1. The molecule has 20 heavy (non-hydrogen) atoms. The zero-order valence-corrected chi connectivity index (χ0v) is 11.3. The van der Waals surface area contributed by atoms with Gasteiger partial charge in [-0.2, -0.15) is 0 Å². The average Bonchev–Trinajstić information content (AvgIpc) is 2.46. The Hall–Kier alpha value is -2.49. The molecule has 0 radical (unpaired) electrons. The van der Waals surface area contributed by atoms with Crippen LogP contribution in [0.3, 0.4) is 0 Å². The van der Waals surface area contributed by atoms with E-state index in [0.717, 1.165) is 22.6 Å². The molecule has 2 N–H and O–H groups in total. The van der Waals surface area contributed by atoms with Gasteiger partial charge in [0.15, 0.2) is 0 Å². The summed E-state index contributed by atoms with van der Waals surface area (Å²) in [6.07, 6.45) is 0.0591. The van der Waals surface area contributed by atoms with Crippen LogP contribution in [-0.2, 0) is 17.8 Å². The van der Waals surface area contributed by atoms with Gasteiger partial charge in [-0.15, -0.1) is 0 Å². The van der Waals surface area contributed by atoms with Crippen molar-refractivity contribution in [3.8, 4) is 5.75 Å². The largest absolute Gasteiger partial charge is 0.497 e. The Labute approximate surface area is 118 Å². The van der Waals surface area contributed by atoms with Gasteiger partial charge in [0.1, 0.15) is 5.75 Å². The highest BCUT2D eigenvalue weighted by atomic mass is 16.5. The fourth-order valence-corrected chi connectivity index (χ4v) is 1.89. The first-order chi connectivity index (χ1) is 9.67. The third-order valence-electron chi connectivity index (χ3n) is 2.94. The molecule has 4 heteroatoms. The predicted molar refractivity (Wildman–Crippen MR) is 78.1 cm³/mol. The van der Waals surface area contributed by atoms with Gasteiger partial charge < -0.3 is 15.2 Å². The highest BCUT2D eigenvalue weighted by Gasteiger charge is 2.01. The standard InChI is InChI=1S/C16H17NO3/c1-20-15-4-2-3-14(10-15)17-11-13-7-5-12(6-8-13)9-16(18)19/h2-8,10,17H,9,11H2,1H3,(H,18,19). The van der Waals surface area contributed by atoms with Gasteiger partial charge in [0, 0.05) is 18.3 Å². The zero-order valence-electron chi connectivity index (χ0n) is 11.3. The van der Waals surface area contributed by atoms with Gasteiger partial charge >= 0.3 is 5.97 Å². The molecule has 0 aliphatic carbocycles. The maximum absolute atomic E-state index is 10.6. The molecule has 0 unspecified atom stereocenters. The molecule has 2 rings (SSSR count). The molecule has 0 bridgehead atoms. The van der Waals surface area contributed by atoms with E-state index in [0.29, 0.717) is 6.54 Å². The number of carboxylic acids is 1. The fraction of sp³-hybridized carbons (Fsp3) is 0.188. The molecule has 0 aliphatic heterocycles. The summed E-state index contributed by atoms with van der Waals surface area (Å²) in [5, 5.41) is 12.0. The van der Waals surface area contributed by atoms with Crippen molar-refractivity contribution < 1.29 is 14.6 Å².